The molecule has 0 bridgehead atoms. The molecule has 0 aromatic rings. The molecular formula is C22H49AsO4P. The minimum atomic E-state index is -3.84. The fourth-order valence-corrected chi connectivity index (χ4v) is 6.29. The van der Waals surface area contributed by atoms with Crippen molar-refractivity contribution in [2.75, 3.05) is 13.2 Å². The molecule has 1 atom stereocenters. The van der Waals surface area contributed by atoms with Crippen LogP contribution in [0, 0.1) is 0 Å². The van der Waals surface area contributed by atoms with Crippen molar-refractivity contribution in [1.82, 2.24) is 0 Å². The number of rotatable bonds is 21. The van der Waals surface area contributed by atoms with E-state index in [1.165, 1.54) is 77.0 Å². The van der Waals surface area contributed by atoms with Crippen LogP contribution < -0.4 is 0 Å². The monoisotopic (exact) mass is 483 g/mol. The molecule has 171 valence electrons. The van der Waals surface area contributed by atoms with Crippen LogP contribution in [0.25, 0.3) is 0 Å². The molecule has 0 amide bonds. The third-order valence-electron chi connectivity index (χ3n) is 4.98. The van der Waals surface area contributed by atoms with Gasteiger partial charge in [-0.15, -0.1) is 0 Å². The first-order valence-corrected chi connectivity index (χ1v) is 20.1. The number of phosphoric acid groups is 1. The maximum absolute atomic E-state index is 11.8. The van der Waals surface area contributed by atoms with E-state index in [-0.39, 0.29) is 0 Å². The van der Waals surface area contributed by atoms with E-state index in [4.69, 9.17) is 9.05 Å². The molecule has 0 heterocycles. The van der Waals surface area contributed by atoms with Crippen LogP contribution in [-0.4, -0.2) is 31.7 Å². The van der Waals surface area contributed by atoms with Crippen molar-refractivity contribution in [2.45, 2.75) is 126 Å². The minimum absolute atomic E-state index is 0.321. The van der Waals surface area contributed by atoms with Crippen molar-refractivity contribution in [3.8, 4) is 0 Å². The molecule has 0 fully saturated rings. The van der Waals surface area contributed by atoms with Gasteiger partial charge >= 0.3 is 114 Å². The number of hydrogen-bond donors (Lipinski definition) is 1. The molecule has 1 radical (unpaired) electrons. The van der Waals surface area contributed by atoms with Gasteiger partial charge in [-0.25, -0.2) is 0 Å². The Balaban J connectivity index is 3.32. The molecule has 0 saturated carbocycles. The van der Waals surface area contributed by atoms with Crippen molar-refractivity contribution >= 4 is 21.4 Å². The second-order valence-corrected chi connectivity index (χ2v) is 21.1. The van der Waals surface area contributed by atoms with Gasteiger partial charge in [-0.2, -0.15) is 0 Å². The van der Waals surface area contributed by atoms with E-state index in [1.54, 1.807) is 0 Å². The zero-order valence-electron chi connectivity index (χ0n) is 19.3. The van der Waals surface area contributed by atoms with Crippen molar-refractivity contribution < 1.29 is 18.5 Å². The fraction of sp³-hybridized carbons (Fsp3) is 1.00. The summed E-state index contributed by atoms with van der Waals surface area (Å²) in [6.07, 6.45) is 19.0. The van der Waals surface area contributed by atoms with Crippen LogP contribution in [0.4, 0.5) is 0 Å². The first-order chi connectivity index (χ1) is 13.3. The van der Waals surface area contributed by atoms with Gasteiger partial charge in [0, 0.05) is 0 Å². The quantitative estimate of drug-likeness (QED) is 0.101. The molecule has 0 spiro atoms. The van der Waals surface area contributed by atoms with Gasteiger partial charge in [-0.3, -0.25) is 0 Å². The van der Waals surface area contributed by atoms with Crippen LogP contribution in [0.3, 0.4) is 0 Å². The fourth-order valence-electron chi connectivity index (χ4n) is 3.23. The second-order valence-electron chi connectivity index (χ2n) is 9.10. The first-order valence-electron chi connectivity index (χ1n) is 11.7. The normalized spacial score (nSPS) is 14.3. The summed E-state index contributed by atoms with van der Waals surface area (Å²) in [5, 5.41) is 1.14. The van der Waals surface area contributed by atoms with E-state index in [0.717, 1.165) is 24.5 Å². The number of phosphoric ester groups is 1. The molecule has 1 N–H and O–H groups in total. The Morgan fingerprint density at radius 1 is 0.643 bits per heavy atom. The van der Waals surface area contributed by atoms with Crippen molar-refractivity contribution in [1.29, 1.82) is 0 Å². The van der Waals surface area contributed by atoms with Crippen molar-refractivity contribution in [3.05, 3.63) is 0 Å². The van der Waals surface area contributed by atoms with Gasteiger partial charge in [0.2, 0.25) is 0 Å². The maximum atomic E-state index is 11.8. The molecule has 0 aromatic carbocycles. The Bertz CT molecular complexity index is 385. The van der Waals surface area contributed by atoms with E-state index in [2.05, 4.69) is 24.1 Å². The predicted octanol–water partition coefficient (Wildman–Crippen LogP) is 8.33. The van der Waals surface area contributed by atoms with Gasteiger partial charge < -0.3 is 0 Å². The van der Waals surface area contributed by atoms with Gasteiger partial charge in [-0.05, 0) is 0 Å². The van der Waals surface area contributed by atoms with Crippen LogP contribution >= 0.6 is 7.82 Å². The van der Waals surface area contributed by atoms with E-state index >= 15 is 0 Å². The summed E-state index contributed by atoms with van der Waals surface area (Å²) in [4.78, 5) is 9.67. The van der Waals surface area contributed by atoms with Crippen LogP contribution in [0.5, 0.6) is 0 Å². The first kappa shape index (κ1) is 28.7. The van der Waals surface area contributed by atoms with Gasteiger partial charge in [0.15, 0.2) is 0 Å². The summed E-state index contributed by atoms with van der Waals surface area (Å²) in [7, 11) is -3.84. The summed E-state index contributed by atoms with van der Waals surface area (Å²) in [6, 6.07) is 0. The van der Waals surface area contributed by atoms with Gasteiger partial charge in [0.25, 0.3) is 0 Å². The molecule has 0 aromatic heterocycles. The molecular weight excluding hydrogens is 434 g/mol. The average Bonchev–Trinajstić information content (AvgIpc) is 2.61. The zero-order chi connectivity index (χ0) is 21.1. The van der Waals surface area contributed by atoms with Crippen LogP contribution in [0.1, 0.15) is 103 Å². The molecule has 4 nitrogen and oxygen atoms in total. The van der Waals surface area contributed by atoms with E-state index in [1.807, 2.05) is 0 Å². The summed E-state index contributed by atoms with van der Waals surface area (Å²) in [5.41, 5.74) is 6.97. The molecule has 0 aliphatic heterocycles. The number of hydrogen-bond acceptors (Lipinski definition) is 3. The Morgan fingerprint density at radius 3 is 1.39 bits per heavy atom. The SMILES string of the molecule is CCCCCCCCCCCCCCCCOP(=O)(O)OCCC[As](C)(C)C. The topological polar surface area (TPSA) is 55.8 Å². The average molecular weight is 484 g/mol. The summed E-state index contributed by atoms with van der Waals surface area (Å²) in [6.45, 7) is 2.91. The van der Waals surface area contributed by atoms with Gasteiger partial charge in [0.1, 0.15) is 0 Å². The molecule has 6 heteroatoms. The standard InChI is InChI=1S/C22H49AsO4P/c1-5-6-7-8-9-10-11-12-13-14-15-16-17-18-21-26-28(24,25)27-22-19-20-23(2,3)4/h5-22H2,1-4H3,(H,24,25). The molecule has 0 aliphatic carbocycles. The van der Waals surface area contributed by atoms with Crippen molar-refractivity contribution in [2.24, 2.45) is 0 Å². The summed E-state index contributed by atoms with van der Waals surface area (Å²) in [5.74, 6) is 0. The van der Waals surface area contributed by atoms with E-state index in [9.17, 15) is 9.46 Å². The second kappa shape index (κ2) is 18.4. The Labute approximate surface area is 178 Å². The molecule has 1 unspecified atom stereocenters. The zero-order valence-corrected chi connectivity index (χ0v) is 22.1. The molecule has 28 heavy (non-hydrogen) atoms. The third kappa shape index (κ3) is 23.0. The van der Waals surface area contributed by atoms with Gasteiger partial charge in [0.05, 0.1) is 0 Å². The van der Waals surface area contributed by atoms with Crippen molar-refractivity contribution in [3.63, 3.8) is 0 Å². The summed E-state index contributed by atoms with van der Waals surface area (Å²) < 4.78 is 21.9. The molecule has 0 aliphatic rings. The van der Waals surface area contributed by atoms with E-state index < -0.39 is 21.4 Å². The third-order valence-corrected chi connectivity index (χ3v) is 9.48. The predicted molar refractivity (Wildman–Crippen MR) is 125 cm³/mol. The van der Waals surface area contributed by atoms with Crippen LogP contribution in [0.2, 0.25) is 22.3 Å². The molecule has 0 rings (SSSR count). The van der Waals surface area contributed by atoms with Crippen LogP contribution in [0.15, 0.2) is 0 Å². The Kier molecular flexibility index (Phi) is 18.9. The van der Waals surface area contributed by atoms with Crippen LogP contribution in [-0.2, 0) is 13.6 Å². The van der Waals surface area contributed by atoms with Gasteiger partial charge in [-0.1, -0.05) is 64.7 Å². The summed E-state index contributed by atoms with van der Waals surface area (Å²) >= 11 is -1.43. The van der Waals surface area contributed by atoms with E-state index in [0.29, 0.717) is 13.2 Å². The number of unbranched alkanes of at least 4 members (excludes halogenated alkanes) is 13. The Hall–Kier alpha value is 0.668. The Morgan fingerprint density at radius 2 is 1.00 bits per heavy atom. The molecule has 0 saturated heterocycles.